The van der Waals surface area contributed by atoms with Crippen molar-refractivity contribution in [2.75, 3.05) is 32.2 Å². The summed E-state index contributed by atoms with van der Waals surface area (Å²) in [7, 11) is 1.43. The van der Waals surface area contributed by atoms with Gasteiger partial charge in [0.2, 0.25) is 5.91 Å². The van der Waals surface area contributed by atoms with Gasteiger partial charge in [0.15, 0.2) is 5.88 Å². The Labute approximate surface area is 210 Å². The van der Waals surface area contributed by atoms with Gasteiger partial charge in [0.1, 0.15) is 17.4 Å². The maximum atomic E-state index is 13.0. The molecule has 1 aliphatic heterocycles. The van der Waals surface area contributed by atoms with Crippen LogP contribution in [0.15, 0.2) is 35.1 Å². The molecule has 3 N–H and O–H groups in total. The number of rotatable bonds is 13. The molecule has 36 heavy (non-hydrogen) atoms. The van der Waals surface area contributed by atoms with Crippen molar-refractivity contribution in [3.8, 4) is 5.88 Å². The van der Waals surface area contributed by atoms with Crippen molar-refractivity contribution in [1.29, 1.82) is 0 Å². The Balaban J connectivity index is 1.20. The molecule has 0 saturated heterocycles. The number of hydrogen-bond donors (Lipinski definition) is 3. The molecule has 1 amide bonds. The molecule has 4 rings (SSSR count). The zero-order chi connectivity index (χ0) is 25.5. The van der Waals surface area contributed by atoms with Crippen molar-refractivity contribution in [3.63, 3.8) is 0 Å². The molecule has 0 radical (unpaired) electrons. The van der Waals surface area contributed by atoms with Crippen LogP contribution in [0.1, 0.15) is 49.8 Å². The fourth-order valence-corrected chi connectivity index (χ4v) is 4.59. The molecule has 0 bridgehead atoms. The lowest BCUT2D eigenvalue weighted by atomic mass is 10.1. The van der Waals surface area contributed by atoms with E-state index in [2.05, 4.69) is 22.8 Å². The van der Waals surface area contributed by atoms with E-state index in [9.17, 15) is 19.5 Å². The van der Waals surface area contributed by atoms with Gasteiger partial charge in [0, 0.05) is 37.9 Å². The molecule has 1 aliphatic carbocycles. The number of methoxy groups -OCH3 is 1. The van der Waals surface area contributed by atoms with E-state index in [1.807, 2.05) is 0 Å². The Morgan fingerprint density at radius 3 is 2.81 bits per heavy atom. The lowest BCUT2D eigenvalue weighted by molar-refractivity contribution is -0.143. The van der Waals surface area contributed by atoms with E-state index in [0.717, 1.165) is 50.2 Å². The highest BCUT2D eigenvalue weighted by Crippen LogP contribution is 2.45. The van der Waals surface area contributed by atoms with Crippen LogP contribution in [0.4, 0.5) is 5.82 Å². The van der Waals surface area contributed by atoms with Crippen LogP contribution >= 0.6 is 0 Å². The average molecular weight is 499 g/mol. The number of carboxylic acid groups (broad SMARTS) is 1. The van der Waals surface area contributed by atoms with Crippen LogP contribution in [-0.2, 0) is 32.7 Å². The molecule has 10 heteroatoms. The standard InChI is InChI=1S/C26H34N4O6/c1-35-22-9-4-8-21(31)30(22)26(13-14-26)25(34)29-20(24(32)33)12-17-36-16-3-2-7-19-11-10-18-6-5-15-27-23(18)28-19/h4,8-11,20H,2-3,5-7,12-17H2,1H3,(H,27,28)(H,29,34)(H,32,33)/t20-/m0/s1. The molecular weight excluding hydrogens is 464 g/mol. The number of pyridine rings is 2. The number of nitrogens with one attached hydrogen (secondary N) is 2. The summed E-state index contributed by atoms with van der Waals surface area (Å²) in [4.78, 5) is 41.9. The minimum Gasteiger partial charge on any atom is -0.482 e. The van der Waals surface area contributed by atoms with E-state index in [-0.39, 0.29) is 24.5 Å². The number of carboxylic acids is 1. The Morgan fingerprint density at radius 2 is 2.06 bits per heavy atom. The Bertz CT molecular complexity index is 1140. The van der Waals surface area contributed by atoms with E-state index in [1.54, 1.807) is 12.1 Å². The molecule has 1 saturated carbocycles. The van der Waals surface area contributed by atoms with E-state index in [4.69, 9.17) is 14.5 Å². The lowest BCUT2D eigenvalue weighted by Crippen LogP contribution is -2.50. The molecule has 2 aromatic heterocycles. The monoisotopic (exact) mass is 498 g/mol. The van der Waals surface area contributed by atoms with E-state index in [1.165, 1.54) is 23.3 Å². The number of aryl methyl sites for hydroxylation is 2. The van der Waals surface area contributed by atoms with Crippen LogP contribution < -0.4 is 20.9 Å². The molecule has 194 valence electrons. The van der Waals surface area contributed by atoms with E-state index < -0.39 is 23.5 Å². The number of aliphatic carboxylic acids is 1. The van der Waals surface area contributed by atoms with Crippen LogP contribution in [-0.4, -0.2) is 59.4 Å². The molecule has 2 aromatic rings. The normalized spacial score (nSPS) is 16.4. The van der Waals surface area contributed by atoms with Gasteiger partial charge in [0.05, 0.1) is 7.11 Å². The summed E-state index contributed by atoms with van der Waals surface area (Å²) >= 11 is 0. The largest absolute Gasteiger partial charge is 0.482 e. The maximum Gasteiger partial charge on any atom is 0.326 e. The first-order valence-corrected chi connectivity index (χ1v) is 12.6. The predicted octanol–water partition coefficient (Wildman–Crippen LogP) is 2.10. The first-order chi connectivity index (χ1) is 17.4. The fraction of sp³-hybridized carbons (Fsp3) is 0.538. The molecule has 0 spiro atoms. The van der Waals surface area contributed by atoms with Crippen LogP contribution in [0.5, 0.6) is 5.88 Å². The van der Waals surface area contributed by atoms with Gasteiger partial charge in [-0.15, -0.1) is 0 Å². The van der Waals surface area contributed by atoms with Crippen molar-refractivity contribution < 1.29 is 24.2 Å². The second-order valence-corrected chi connectivity index (χ2v) is 9.34. The number of anilines is 1. The van der Waals surface area contributed by atoms with Gasteiger partial charge in [-0.05, 0) is 62.6 Å². The second kappa shape index (κ2) is 11.6. The molecule has 3 heterocycles. The minimum atomic E-state index is -1.14. The molecule has 10 nitrogen and oxygen atoms in total. The summed E-state index contributed by atoms with van der Waals surface area (Å²) in [5.74, 6) is -0.358. The quantitative estimate of drug-likeness (QED) is 0.358. The number of ether oxygens (including phenoxy) is 2. The second-order valence-electron chi connectivity index (χ2n) is 9.34. The Hall–Kier alpha value is -3.40. The van der Waals surface area contributed by atoms with Crippen molar-refractivity contribution in [2.45, 2.75) is 62.9 Å². The molecule has 1 fully saturated rings. The van der Waals surface area contributed by atoms with Gasteiger partial charge in [-0.2, -0.15) is 0 Å². The molecule has 0 aromatic carbocycles. The van der Waals surface area contributed by atoms with E-state index in [0.29, 0.717) is 19.4 Å². The van der Waals surface area contributed by atoms with Crippen molar-refractivity contribution in [2.24, 2.45) is 0 Å². The van der Waals surface area contributed by atoms with Gasteiger partial charge in [-0.25, -0.2) is 9.78 Å². The van der Waals surface area contributed by atoms with Gasteiger partial charge in [-0.1, -0.05) is 12.1 Å². The lowest BCUT2D eigenvalue weighted by Gasteiger charge is -2.23. The summed E-state index contributed by atoms with van der Waals surface area (Å²) in [6.07, 6.45) is 5.83. The SMILES string of the molecule is COc1cccc(=O)n1C1(C(=O)N[C@@H](CCOCCCCc2ccc3c(n2)NCCC3)C(=O)O)CC1. The highest BCUT2D eigenvalue weighted by molar-refractivity contribution is 5.91. The van der Waals surface area contributed by atoms with E-state index >= 15 is 0 Å². The Kier molecular flexibility index (Phi) is 8.25. The number of hydrogen-bond acceptors (Lipinski definition) is 7. The summed E-state index contributed by atoms with van der Waals surface area (Å²) in [6.45, 7) is 1.68. The Morgan fingerprint density at radius 1 is 1.22 bits per heavy atom. The van der Waals surface area contributed by atoms with Gasteiger partial charge < -0.3 is 25.2 Å². The summed E-state index contributed by atoms with van der Waals surface area (Å²) in [5.41, 5.74) is 0.855. The van der Waals surface area contributed by atoms with Crippen LogP contribution in [0, 0.1) is 0 Å². The van der Waals surface area contributed by atoms with Gasteiger partial charge in [0.25, 0.3) is 5.56 Å². The molecular formula is C26H34N4O6. The highest BCUT2D eigenvalue weighted by Gasteiger charge is 2.54. The number of aromatic nitrogens is 2. The molecule has 2 aliphatic rings. The number of carbonyl (C=O) groups excluding carboxylic acids is 1. The summed E-state index contributed by atoms with van der Waals surface area (Å²) in [6, 6.07) is 7.65. The highest BCUT2D eigenvalue weighted by atomic mass is 16.5. The third-order valence-electron chi connectivity index (χ3n) is 6.78. The molecule has 1 atom stereocenters. The number of carbonyl (C=O) groups is 2. The van der Waals surface area contributed by atoms with Crippen molar-refractivity contribution in [1.82, 2.24) is 14.9 Å². The average Bonchev–Trinajstić information content (AvgIpc) is 3.68. The topological polar surface area (TPSA) is 132 Å². The third kappa shape index (κ3) is 5.87. The number of nitrogens with zero attached hydrogens (tertiary/aromatic N) is 2. The zero-order valence-electron chi connectivity index (χ0n) is 20.6. The number of fused-ring (bicyclic) bond motifs is 1. The van der Waals surface area contributed by atoms with Crippen molar-refractivity contribution >= 4 is 17.7 Å². The number of amides is 1. The zero-order valence-corrected chi connectivity index (χ0v) is 20.6. The predicted molar refractivity (Wildman–Crippen MR) is 133 cm³/mol. The first-order valence-electron chi connectivity index (χ1n) is 12.6. The maximum absolute atomic E-state index is 13.0. The van der Waals surface area contributed by atoms with Crippen molar-refractivity contribution in [3.05, 3.63) is 51.9 Å². The summed E-state index contributed by atoms with van der Waals surface area (Å²) < 4.78 is 12.2. The van der Waals surface area contributed by atoms with Gasteiger partial charge >= 0.3 is 5.97 Å². The smallest absolute Gasteiger partial charge is 0.326 e. The van der Waals surface area contributed by atoms with Gasteiger partial charge in [-0.3, -0.25) is 14.2 Å². The van der Waals surface area contributed by atoms with Crippen LogP contribution in [0.2, 0.25) is 0 Å². The summed E-state index contributed by atoms with van der Waals surface area (Å²) in [5, 5.41) is 15.6. The molecule has 0 unspecified atom stereocenters. The first kappa shape index (κ1) is 25.7. The fourth-order valence-electron chi connectivity index (χ4n) is 4.59. The third-order valence-corrected chi connectivity index (χ3v) is 6.78. The van der Waals surface area contributed by atoms with Crippen LogP contribution in [0.3, 0.4) is 0 Å². The number of unbranched alkanes of at least 4 members (excludes halogenated alkanes) is 1. The minimum absolute atomic E-state index is 0.135. The van der Waals surface area contributed by atoms with Crippen LogP contribution in [0.25, 0.3) is 0 Å².